The minimum atomic E-state index is -4.07. The van der Waals surface area contributed by atoms with E-state index >= 15 is 0 Å². The first-order chi connectivity index (χ1) is 9.10. The van der Waals surface area contributed by atoms with Gasteiger partial charge in [-0.05, 0) is 25.2 Å². The predicted octanol–water partition coefficient (Wildman–Crippen LogP) is 0.0691. The Kier molecular flexibility index (Phi) is 5.25. The van der Waals surface area contributed by atoms with Crippen molar-refractivity contribution in [1.82, 2.24) is 9.62 Å². The highest BCUT2D eigenvalue weighted by Gasteiger charge is 2.25. The van der Waals surface area contributed by atoms with Gasteiger partial charge in [-0.2, -0.15) is 4.31 Å². The third-order valence-electron chi connectivity index (χ3n) is 2.70. The van der Waals surface area contributed by atoms with Gasteiger partial charge in [0.05, 0.1) is 4.90 Å². The maximum Gasteiger partial charge on any atom is 0.245 e. The van der Waals surface area contributed by atoms with Crippen LogP contribution in [0.25, 0.3) is 0 Å². The summed E-state index contributed by atoms with van der Waals surface area (Å²) < 4.78 is 61.9. The van der Waals surface area contributed by atoms with E-state index in [1.54, 1.807) is 7.05 Å². The van der Waals surface area contributed by atoms with Crippen molar-refractivity contribution in [3.05, 3.63) is 24.0 Å². The topological polar surface area (TPSA) is 83.6 Å². The number of likely N-dealkylation sites (N-methyl/N-ethyl adjacent to an activating group) is 2. The molecule has 0 spiro atoms. The van der Waals surface area contributed by atoms with Crippen LogP contribution in [0.2, 0.25) is 0 Å². The van der Waals surface area contributed by atoms with Gasteiger partial charge < -0.3 is 5.32 Å². The molecule has 0 heterocycles. The molecule has 6 nitrogen and oxygen atoms in total. The molecule has 0 fully saturated rings. The lowest BCUT2D eigenvalue weighted by atomic mass is 10.3. The number of nitrogens with one attached hydrogen (secondary N) is 1. The van der Waals surface area contributed by atoms with Gasteiger partial charge in [-0.25, -0.2) is 21.2 Å². The maximum atomic E-state index is 13.7. The predicted molar refractivity (Wildman–Crippen MR) is 73.3 cm³/mol. The Bertz CT molecular complexity index is 686. The van der Waals surface area contributed by atoms with Gasteiger partial charge in [0.2, 0.25) is 10.0 Å². The maximum absolute atomic E-state index is 13.7. The number of nitrogens with zero attached hydrogens (tertiary/aromatic N) is 1. The summed E-state index contributed by atoms with van der Waals surface area (Å²) in [4.78, 5) is -0.876. The summed E-state index contributed by atoms with van der Waals surface area (Å²) in [5.74, 6) is -0.978. The van der Waals surface area contributed by atoms with Crippen molar-refractivity contribution in [1.29, 1.82) is 0 Å². The van der Waals surface area contributed by atoms with E-state index in [0.717, 1.165) is 28.8 Å². The van der Waals surface area contributed by atoms with E-state index < -0.39 is 30.6 Å². The number of benzene rings is 1. The molecule has 0 aromatic heterocycles. The van der Waals surface area contributed by atoms with E-state index in [2.05, 4.69) is 5.32 Å². The summed E-state index contributed by atoms with van der Waals surface area (Å²) in [7, 11) is -4.71. The lowest BCUT2D eigenvalue weighted by Gasteiger charge is -2.17. The fourth-order valence-electron chi connectivity index (χ4n) is 1.47. The van der Waals surface area contributed by atoms with Crippen molar-refractivity contribution in [2.75, 3.05) is 33.4 Å². The smallest absolute Gasteiger partial charge is 0.245 e. The second-order valence-corrected chi connectivity index (χ2v) is 8.32. The first-order valence-corrected chi connectivity index (χ1v) is 9.04. The minimum Gasteiger partial charge on any atom is -0.318 e. The Hall–Kier alpha value is -1.03. The normalized spacial score (nSPS) is 12.8. The molecule has 0 unspecified atom stereocenters. The Labute approximate surface area is 118 Å². The zero-order chi connectivity index (χ0) is 15.6. The quantitative estimate of drug-likeness (QED) is 0.749. The van der Waals surface area contributed by atoms with Crippen LogP contribution in [0.1, 0.15) is 0 Å². The lowest BCUT2D eigenvalue weighted by molar-refractivity contribution is 0.459. The number of rotatable bonds is 6. The van der Waals surface area contributed by atoms with Crippen LogP contribution in [0, 0.1) is 5.82 Å². The molecule has 0 aliphatic carbocycles. The molecule has 0 aliphatic heterocycles. The van der Waals surface area contributed by atoms with Crippen molar-refractivity contribution >= 4 is 19.9 Å². The van der Waals surface area contributed by atoms with E-state index in [-0.39, 0.29) is 11.4 Å². The van der Waals surface area contributed by atoms with Crippen LogP contribution in [0.15, 0.2) is 28.0 Å². The highest BCUT2D eigenvalue weighted by Crippen LogP contribution is 2.22. The summed E-state index contributed by atoms with van der Waals surface area (Å²) in [5, 5.41) is 2.78. The number of sulfone groups is 1. The van der Waals surface area contributed by atoms with Gasteiger partial charge >= 0.3 is 0 Å². The molecule has 0 saturated carbocycles. The average molecular weight is 324 g/mol. The fourth-order valence-corrected chi connectivity index (χ4v) is 3.45. The molecule has 0 aliphatic rings. The van der Waals surface area contributed by atoms with Crippen molar-refractivity contribution in [3.63, 3.8) is 0 Å². The standard InChI is InChI=1S/C11H17FN2O4S2/c1-13-6-7-14(2)20(17,18)11-8-9(19(3,15)16)4-5-10(11)12/h4-5,8,13H,6-7H2,1-3H3. The molecule has 0 saturated heterocycles. The molecule has 0 amide bonds. The molecular formula is C11H17FN2O4S2. The Balaban J connectivity index is 3.31. The van der Waals surface area contributed by atoms with Crippen molar-refractivity contribution < 1.29 is 21.2 Å². The van der Waals surface area contributed by atoms with Crippen molar-refractivity contribution in [2.24, 2.45) is 0 Å². The SMILES string of the molecule is CNCCN(C)S(=O)(=O)c1cc(S(C)(=O)=O)ccc1F. The largest absolute Gasteiger partial charge is 0.318 e. The third-order valence-corrected chi connectivity index (χ3v) is 5.68. The second-order valence-electron chi connectivity index (χ2n) is 4.29. The Morgan fingerprint density at radius 2 is 1.85 bits per heavy atom. The van der Waals surface area contributed by atoms with E-state index in [0.29, 0.717) is 6.54 Å². The Morgan fingerprint density at radius 1 is 1.25 bits per heavy atom. The lowest BCUT2D eigenvalue weighted by Crippen LogP contribution is -2.33. The second kappa shape index (κ2) is 6.17. The molecule has 114 valence electrons. The number of halogens is 1. The van der Waals surface area contributed by atoms with Gasteiger partial charge in [0.25, 0.3) is 0 Å². The van der Waals surface area contributed by atoms with Crippen LogP contribution in [-0.4, -0.2) is 54.6 Å². The zero-order valence-corrected chi connectivity index (χ0v) is 13.1. The average Bonchev–Trinajstić information content (AvgIpc) is 2.34. The van der Waals surface area contributed by atoms with E-state index in [1.165, 1.54) is 7.05 Å². The van der Waals surface area contributed by atoms with Crippen LogP contribution >= 0.6 is 0 Å². The van der Waals surface area contributed by atoms with E-state index in [1.807, 2.05) is 0 Å². The first-order valence-electron chi connectivity index (χ1n) is 5.71. The van der Waals surface area contributed by atoms with Crippen LogP contribution < -0.4 is 5.32 Å². The van der Waals surface area contributed by atoms with Gasteiger partial charge in [0.15, 0.2) is 9.84 Å². The molecule has 1 N–H and O–H groups in total. The monoisotopic (exact) mass is 324 g/mol. The summed E-state index contributed by atoms with van der Waals surface area (Å²) in [6.07, 6.45) is 0.932. The zero-order valence-electron chi connectivity index (χ0n) is 11.4. The third kappa shape index (κ3) is 3.75. The molecule has 1 rings (SSSR count). The molecule has 0 radical (unpaired) electrons. The summed E-state index contributed by atoms with van der Waals surface area (Å²) >= 11 is 0. The summed E-state index contributed by atoms with van der Waals surface area (Å²) in [6, 6.07) is 2.72. The Morgan fingerprint density at radius 3 is 2.35 bits per heavy atom. The van der Waals surface area contributed by atoms with Crippen LogP contribution in [0.3, 0.4) is 0 Å². The van der Waals surface area contributed by atoms with E-state index in [9.17, 15) is 21.2 Å². The molecule has 0 bridgehead atoms. The highest BCUT2D eigenvalue weighted by atomic mass is 32.2. The minimum absolute atomic E-state index is 0.140. The van der Waals surface area contributed by atoms with Gasteiger partial charge in [-0.1, -0.05) is 0 Å². The first kappa shape index (κ1) is 17.0. The molecule has 1 aromatic rings. The number of hydrogen-bond donors (Lipinski definition) is 1. The van der Waals surface area contributed by atoms with Gasteiger partial charge in [0, 0.05) is 26.4 Å². The van der Waals surface area contributed by atoms with Gasteiger partial charge in [0.1, 0.15) is 10.7 Å². The molecular weight excluding hydrogens is 307 g/mol. The highest BCUT2D eigenvalue weighted by molar-refractivity contribution is 7.91. The van der Waals surface area contributed by atoms with Crippen LogP contribution in [0.4, 0.5) is 4.39 Å². The van der Waals surface area contributed by atoms with Gasteiger partial charge in [-0.15, -0.1) is 0 Å². The molecule has 9 heteroatoms. The van der Waals surface area contributed by atoms with Crippen LogP contribution in [0.5, 0.6) is 0 Å². The van der Waals surface area contributed by atoms with Crippen LogP contribution in [-0.2, 0) is 19.9 Å². The van der Waals surface area contributed by atoms with Gasteiger partial charge in [-0.3, -0.25) is 0 Å². The molecule has 20 heavy (non-hydrogen) atoms. The van der Waals surface area contributed by atoms with Crippen molar-refractivity contribution in [2.45, 2.75) is 9.79 Å². The summed E-state index contributed by atoms with van der Waals surface area (Å²) in [5.41, 5.74) is 0. The number of sulfonamides is 1. The summed E-state index contributed by atoms with van der Waals surface area (Å²) in [6.45, 7) is 0.532. The fraction of sp³-hybridized carbons (Fsp3) is 0.455. The molecule has 0 atom stereocenters. The molecule has 1 aromatic carbocycles. The van der Waals surface area contributed by atoms with Crippen molar-refractivity contribution in [3.8, 4) is 0 Å². The van der Waals surface area contributed by atoms with E-state index in [4.69, 9.17) is 0 Å². The number of hydrogen-bond acceptors (Lipinski definition) is 5.